The first-order chi connectivity index (χ1) is 16.5. The Morgan fingerprint density at radius 1 is 1.09 bits per heavy atom. The highest BCUT2D eigenvalue weighted by Crippen LogP contribution is 2.61. The molecule has 0 aliphatic heterocycles. The Morgan fingerprint density at radius 2 is 1.76 bits per heavy atom. The number of rotatable bonds is 6. The third kappa shape index (κ3) is 4.00. The van der Waals surface area contributed by atoms with Gasteiger partial charge in [-0.05, 0) is 97.1 Å². The molecule has 0 amide bonds. The zero-order chi connectivity index (χ0) is 23.3. The zero-order valence-corrected chi connectivity index (χ0v) is 20.2. The minimum absolute atomic E-state index is 0.312. The summed E-state index contributed by atoms with van der Waals surface area (Å²) in [7, 11) is 1.36. The van der Waals surface area contributed by atoms with Gasteiger partial charge in [0.05, 0.1) is 24.1 Å². The van der Waals surface area contributed by atoms with Gasteiger partial charge in [-0.25, -0.2) is 9.78 Å². The van der Waals surface area contributed by atoms with Crippen LogP contribution in [-0.4, -0.2) is 22.6 Å². The summed E-state index contributed by atoms with van der Waals surface area (Å²) in [5, 5.41) is 4.28. The molecule has 4 fully saturated rings. The number of carbonyl (C=O) groups excluding carboxylic acids is 1. The van der Waals surface area contributed by atoms with Crippen molar-refractivity contribution < 1.29 is 9.53 Å². The van der Waals surface area contributed by atoms with Gasteiger partial charge in [-0.15, -0.1) is 0 Å². The van der Waals surface area contributed by atoms with Crippen LogP contribution in [-0.2, 0) is 16.7 Å². The number of carbonyl (C=O) groups is 1. The number of ether oxygens (including phenoxy) is 1. The fourth-order valence-electron chi connectivity index (χ4n) is 7.13. The Morgan fingerprint density at radius 3 is 2.38 bits per heavy atom. The smallest absolute Gasteiger partial charge is 0.358 e. The number of benzene rings is 2. The third-order valence-corrected chi connectivity index (χ3v) is 8.56. The summed E-state index contributed by atoms with van der Waals surface area (Å²) in [5.41, 5.74) is 5.17. The second kappa shape index (κ2) is 8.46. The molecule has 6 heteroatoms. The second-order valence-corrected chi connectivity index (χ2v) is 11.0. The fourth-order valence-corrected chi connectivity index (χ4v) is 7.35. The lowest BCUT2D eigenvalue weighted by Gasteiger charge is -2.57. The lowest BCUT2D eigenvalue weighted by molar-refractivity contribution is -0.00517. The van der Waals surface area contributed by atoms with Crippen LogP contribution >= 0.6 is 11.6 Å². The number of nitrogens with zero attached hydrogens (tertiary/aromatic N) is 2. The van der Waals surface area contributed by atoms with Crippen molar-refractivity contribution in [2.45, 2.75) is 50.5 Å². The number of anilines is 2. The molecule has 0 saturated heterocycles. The molecule has 2 aromatic carbocycles. The van der Waals surface area contributed by atoms with Crippen molar-refractivity contribution in [3.05, 3.63) is 76.8 Å². The van der Waals surface area contributed by atoms with Crippen molar-refractivity contribution in [1.29, 1.82) is 0 Å². The topological polar surface area (TPSA) is 56.1 Å². The number of esters is 1. The molecular formula is C28H30ClN3O2. The fraction of sp³-hybridized carbons (Fsp3) is 0.429. The summed E-state index contributed by atoms with van der Waals surface area (Å²) in [6, 6.07) is 14.9. The van der Waals surface area contributed by atoms with Crippen molar-refractivity contribution in [2.24, 2.45) is 17.8 Å². The maximum Gasteiger partial charge on any atom is 0.358 e. The van der Waals surface area contributed by atoms with Crippen LogP contribution in [0.2, 0.25) is 5.02 Å². The zero-order valence-electron chi connectivity index (χ0n) is 19.5. The van der Waals surface area contributed by atoms with Crippen LogP contribution in [0.15, 0.2) is 55.0 Å². The number of halogens is 1. The Labute approximate surface area is 205 Å². The van der Waals surface area contributed by atoms with Crippen LogP contribution in [0.25, 0.3) is 0 Å². The number of hydrogen-bond acceptors (Lipinski definition) is 4. The van der Waals surface area contributed by atoms with E-state index in [0.29, 0.717) is 17.7 Å². The lowest BCUT2D eigenvalue weighted by Crippen LogP contribution is -2.48. The monoisotopic (exact) mass is 475 g/mol. The Kier molecular flexibility index (Phi) is 5.40. The van der Waals surface area contributed by atoms with E-state index in [1.807, 2.05) is 4.57 Å². The Balaban J connectivity index is 1.14. The van der Waals surface area contributed by atoms with E-state index in [2.05, 4.69) is 52.8 Å². The molecule has 7 rings (SSSR count). The molecule has 0 atom stereocenters. The quantitative estimate of drug-likeness (QED) is 0.409. The summed E-state index contributed by atoms with van der Waals surface area (Å²) >= 11 is 6.79. The van der Waals surface area contributed by atoms with Gasteiger partial charge in [-0.3, -0.25) is 0 Å². The molecule has 4 saturated carbocycles. The second-order valence-electron chi connectivity index (χ2n) is 10.6. The molecule has 5 nitrogen and oxygen atoms in total. The highest BCUT2D eigenvalue weighted by atomic mass is 35.5. The van der Waals surface area contributed by atoms with E-state index in [1.165, 1.54) is 51.2 Å². The number of imidazole rings is 1. The number of aromatic nitrogens is 2. The average molecular weight is 476 g/mol. The predicted octanol–water partition coefficient (Wildman–Crippen LogP) is 6.58. The van der Waals surface area contributed by atoms with Gasteiger partial charge in [0.15, 0.2) is 5.69 Å². The van der Waals surface area contributed by atoms with Gasteiger partial charge in [0.2, 0.25) is 0 Å². The van der Waals surface area contributed by atoms with Crippen LogP contribution < -0.4 is 5.32 Å². The Hall–Kier alpha value is -2.79. The van der Waals surface area contributed by atoms with Crippen molar-refractivity contribution in [3.8, 4) is 0 Å². The van der Waals surface area contributed by atoms with E-state index in [-0.39, 0.29) is 0 Å². The minimum atomic E-state index is -0.426. The standard InChI is InChI=1S/C28H30ClN3O2/c1-34-27(33)26-16-32(17-30-26)15-18-2-5-23(6-3-18)31-25-7-4-22(11-24(25)29)28-12-19-8-20(13-28)10-21(9-19)14-28/h2-7,11,16-17,19-21,31H,8-10,12-15H2,1H3. The SMILES string of the molecule is COC(=O)c1cn(Cc2ccc(Nc3ccc(C45CC6CC(CC(C6)C4)C5)cc3Cl)cc2)cn1. The van der Waals surface area contributed by atoms with Crippen LogP contribution in [0.1, 0.15) is 60.1 Å². The van der Waals surface area contributed by atoms with Crippen LogP contribution in [0.5, 0.6) is 0 Å². The van der Waals surface area contributed by atoms with Crippen LogP contribution in [0, 0.1) is 17.8 Å². The molecule has 4 aliphatic rings. The van der Waals surface area contributed by atoms with E-state index in [0.717, 1.165) is 39.7 Å². The average Bonchev–Trinajstić information content (AvgIpc) is 3.29. The van der Waals surface area contributed by atoms with Crippen molar-refractivity contribution in [1.82, 2.24) is 9.55 Å². The van der Waals surface area contributed by atoms with Gasteiger partial charge in [0.25, 0.3) is 0 Å². The van der Waals surface area contributed by atoms with Gasteiger partial charge >= 0.3 is 5.97 Å². The number of methoxy groups -OCH3 is 1. The van der Waals surface area contributed by atoms with Crippen molar-refractivity contribution >= 4 is 28.9 Å². The molecule has 0 spiro atoms. The van der Waals surface area contributed by atoms with Crippen LogP contribution in [0.3, 0.4) is 0 Å². The summed E-state index contributed by atoms with van der Waals surface area (Å²) < 4.78 is 6.59. The molecule has 0 unspecified atom stereocenters. The first kappa shape index (κ1) is 21.7. The van der Waals surface area contributed by atoms with E-state index in [1.54, 1.807) is 12.5 Å². The minimum Gasteiger partial charge on any atom is -0.464 e. The van der Waals surface area contributed by atoms with Gasteiger partial charge in [-0.1, -0.05) is 29.8 Å². The molecule has 3 aromatic rings. The van der Waals surface area contributed by atoms with E-state index >= 15 is 0 Å². The van der Waals surface area contributed by atoms with Gasteiger partial charge in [0, 0.05) is 18.4 Å². The van der Waals surface area contributed by atoms with Gasteiger partial charge in [-0.2, -0.15) is 0 Å². The highest BCUT2D eigenvalue weighted by Gasteiger charge is 2.51. The molecule has 1 heterocycles. The lowest BCUT2D eigenvalue weighted by atomic mass is 9.48. The number of hydrogen-bond donors (Lipinski definition) is 1. The molecule has 4 aliphatic carbocycles. The number of nitrogens with one attached hydrogen (secondary N) is 1. The van der Waals surface area contributed by atoms with Crippen LogP contribution in [0.4, 0.5) is 11.4 Å². The summed E-state index contributed by atoms with van der Waals surface area (Å²) in [5.74, 6) is 2.35. The molecule has 4 bridgehead atoms. The summed E-state index contributed by atoms with van der Waals surface area (Å²) in [6.07, 6.45) is 11.7. The predicted molar refractivity (Wildman–Crippen MR) is 134 cm³/mol. The third-order valence-electron chi connectivity index (χ3n) is 8.25. The molecule has 34 heavy (non-hydrogen) atoms. The highest BCUT2D eigenvalue weighted by molar-refractivity contribution is 6.33. The molecule has 0 radical (unpaired) electrons. The van der Waals surface area contributed by atoms with Gasteiger partial charge < -0.3 is 14.6 Å². The first-order valence-corrected chi connectivity index (χ1v) is 12.6. The normalized spacial score (nSPS) is 27.1. The molecule has 1 aromatic heterocycles. The summed E-state index contributed by atoms with van der Waals surface area (Å²) in [6.45, 7) is 0.630. The van der Waals surface area contributed by atoms with E-state index < -0.39 is 5.97 Å². The maximum atomic E-state index is 11.6. The van der Waals surface area contributed by atoms with E-state index in [9.17, 15) is 4.79 Å². The van der Waals surface area contributed by atoms with Gasteiger partial charge in [0.1, 0.15) is 0 Å². The summed E-state index contributed by atoms with van der Waals surface area (Å²) in [4.78, 5) is 15.7. The maximum absolute atomic E-state index is 11.6. The Bertz CT molecular complexity index is 1180. The van der Waals surface area contributed by atoms with Crippen molar-refractivity contribution in [3.63, 3.8) is 0 Å². The van der Waals surface area contributed by atoms with E-state index in [4.69, 9.17) is 16.3 Å². The largest absolute Gasteiger partial charge is 0.464 e. The van der Waals surface area contributed by atoms with Crippen molar-refractivity contribution in [2.75, 3.05) is 12.4 Å². The molecule has 1 N–H and O–H groups in total. The molecule has 176 valence electrons. The molecular weight excluding hydrogens is 446 g/mol. The first-order valence-electron chi connectivity index (χ1n) is 12.3.